The van der Waals surface area contributed by atoms with Crippen LogP contribution in [0.1, 0.15) is 20.8 Å². The van der Waals surface area contributed by atoms with Gasteiger partial charge in [0.15, 0.2) is 0 Å². The fourth-order valence-electron chi connectivity index (χ4n) is 1.81. The molecular formula is C11H22N2O3. The normalized spacial score (nSPS) is 26.9. The van der Waals surface area contributed by atoms with Crippen molar-refractivity contribution in [2.24, 2.45) is 5.73 Å². The second-order valence-electron chi connectivity index (χ2n) is 4.73. The number of nitrogens with zero attached hydrogens (tertiary/aromatic N) is 1. The van der Waals surface area contributed by atoms with Crippen molar-refractivity contribution in [3.05, 3.63) is 0 Å². The average molecular weight is 230 g/mol. The smallest absolute Gasteiger partial charge is 0.254 e. The van der Waals surface area contributed by atoms with Gasteiger partial charge in [-0.05, 0) is 20.8 Å². The van der Waals surface area contributed by atoms with Crippen molar-refractivity contribution in [2.75, 3.05) is 26.7 Å². The molecule has 5 heteroatoms. The van der Waals surface area contributed by atoms with E-state index in [0.717, 1.165) is 0 Å². The zero-order valence-corrected chi connectivity index (χ0v) is 10.5. The highest BCUT2D eigenvalue weighted by Gasteiger charge is 2.36. The third kappa shape index (κ3) is 2.93. The van der Waals surface area contributed by atoms with Gasteiger partial charge in [0.2, 0.25) is 0 Å². The standard InChI is InChI=1S/C11H22N2O3/c1-8-6-13(7-9(5-12)16-8)10(14)11(2,3)15-4/h8-9H,5-7,12H2,1-4H3. The zero-order valence-electron chi connectivity index (χ0n) is 10.5. The first-order chi connectivity index (χ1) is 7.40. The number of carbonyl (C=O) groups is 1. The van der Waals surface area contributed by atoms with Crippen LogP contribution in [-0.4, -0.2) is 55.4 Å². The van der Waals surface area contributed by atoms with Crippen LogP contribution in [0.3, 0.4) is 0 Å². The number of carbonyl (C=O) groups excluding carboxylic acids is 1. The van der Waals surface area contributed by atoms with Gasteiger partial charge in [-0.3, -0.25) is 4.79 Å². The van der Waals surface area contributed by atoms with E-state index in [0.29, 0.717) is 19.6 Å². The number of amides is 1. The predicted molar refractivity (Wildman–Crippen MR) is 61.1 cm³/mol. The largest absolute Gasteiger partial charge is 0.370 e. The Labute approximate surface area is 96.9 Å². The van der Waals surface area contributed by atoms with Crippen LogP contribution < -0.4 is 5.73 Å². The molecule has 1 aliphatic rings. The first kappa shape index (κ1) is 13.4. The Morgan fingerprint density at radius 3 is 2.69 bits per heavy atom. The first-order valence-electron chi connectivity index (χ1n) is 5.60. The molecule has 5 nitrogen and oxygen atoms in total. The number of methoxy groups -OCH3 is 1. The number of morpholine rings is 1. The van der Waals surface area contributed by atoms with Crippen LogP contribution in [0.5, 0.6) is 0 Å². The van der Waals surface area contributed by atoms with E-state index in [-0.39, 0.29) is 18.1 Å². The van der Waals surface area contributed by atoms with Gasteiger partial charge >= 0.3 is 0 Å². The summed E-state index contributed by atoms with van der Waals surface area (Å²) in [6.07, 6.45) is -0.0423. The highest BCUT2D eigenvalue weighted by Crippen LogP contribution is 2.17. The van der Waals surface area contributed by atoms with Gasteiger partial charge in [-0.1, -0.05) is 0 Å². The van der Waals surface area contributed by atoms with Crippen LogP contribution in [0.25, 0.3) is 0 Å². The Kier molecular flexibility index (Phi) is 4.29. The molecule has 2 unspecified atom stereocenters. The number of rotatable bonds is 3. The summed E-state index contributed by atoms with van der Waals surface area (Å²) < 4.78 is 10.8. The molecule has 0 radical (unpaired) electrons. The van der Waals surface area contributed by atoms with Gasteiger partial charge < -0.3 is 20.1 Å². The summed E-state index contributed by atoms with van der Waals surface area (Å²) in [5, 5.41) is 0. The molecular weight excluding hydrogens is 208 g/mol. The molecule has 94 valence electrons. The third-order valence-electron chi connectivity index (χ3n) is 2.90. The highest BCUT2D eigenvalue weighted by atomic mass is 16.5. The molecule has 0 bridgehead atoms. The summed E-state index contributed by atoms with van der Waals surface area (Å²) in [4.78, 5) is 13.9. The van der Waals surface area contributed by atoms with Gasteiger partial charge in [0.05, 0.1) is 12.2 Å². The van der Waals surface area contributed by atoms with Gasteiger partial charge in [-0.2, -0.15) is 0 Å². The van der Waals surface area contributed by atoms with Crippen molar-refractivity contribution < 1.29 is 14.3 Å². The lowest BCUT2D eigenvalue weighted by Crippen LogP contribution is -2.56. The summed E-state index contributed by atoms with van der Waals surface area (Å²) in [6, 6.07) is 0. The maximum Gasteiger partial charge on any atom is 0.254 e. The molecule has 1 heterocycles. The maximum atomic E-state index is 12.2. The zero-order chi connectivity index (χ0) is 12.3. The lowest BCUT2D eigenvalue weighted by atomic mass is 10.1. The molecule has 1 rings (SSSR count). The summed E-state index contributed by atoms with van der Waals surface area (Å²) in [7, 11) is 1.54. The molecule has 1 saturated heterocycles. The van der Waals surface area contributed by atoms with Crippen molar-refractivity contribution in [1.82, 2.24) is 4.90 Å². The summed E-state index contributed by atoms with van der Waals surface area (Å²) >= 11 is 0. The molecule has 1 amide bonds. The van der Waals surface area contributed by atoms with Gasteiger partial charge in [-0.15, -0.1) is 0 Å². The molecule has 0 aliphatic carbocycles. The minimum atomic E-state index is -0.782. The van der Waals surface area contributed by atoms with E-state index < -0.39 is 5.60 Å². The Hall–Kier alpha value is -0.650. The molecule has 2 atom stereocenters. The van der Waals surface area contributed by atoms with E-state index >= 15 is 0 Å². The summed E-state index contributed by atoms with van der Waals surface area (Å²) in [5.41, 5.74) is 4.79. The van der Waals surface area contributed by atoms with Crippen LogP contribution in [0.4, 0.5) is 0 Å². The van der Waals surface area contributed by atoms with Crippen LogP contribution in [-0.2, 0) is 14.3 Å². The molecule has 0 aromatic heterocycles. The van der Waals surface area contributed by atoms with Crippen molar-refractivity contribution in [1.29, 1.82) is 0 Å². The molecule has 1 aliphatic heterocycles. The molecule has 0 saturated carbocycles. The Bertz CT molecular complexity index is 256. The molecule has 16 heavy (non-hydrogen) atoms. The van der Waals surface area contributed by atoms with Crippen LogP contribution in [0.2, 0.25) is 0 Å². The van der Waals surface area contributed by atoms with Gasteiger partial charge in [0.1, 0.15) is 5.60 Å². The molecule has 0 spiro atoms. The van der Waals surface area contributed by atoms with Crippen LogP contribution >= 0.6 is 0 Å². The first-order valence-corrected chi connectivity index (χ1v) is 5.60. The van der Waals surface area contributed by atoms with E-state index in [2.05, 4.69) is 0 Å². The summed E-state index contributed by atoms with van der Waals surface area (Å²) in [6.45, 7) is 7.07. The van der Waals surface area contributed by atoms with Gasteiger partial charge in [-0.25, -0.2) is 0 Å². The number of hydrogen-bond acceptors (Lipinski definition) is 4. The average Bonchev–Trinajstić information content (AvgIpc) is 2.27. The highest BCUT2D eigenvalue weighted by molar-refractivity contribution is 5.84. The van der Waals surface area contributed by atoms with E-state index in [1.807, 2.05) is 6.92 Å². The Balaban J connectivity index is 2.69. The Morgan fingerprint density at radius 2 is 2.19 bits per heavy atom. The summed E-state index contributed by atoms with van der Waals surface area (Å²) in [5.74, 6) is -0.0106. The van der Waals surface area contributed by atoms with Crippen LogP contribution in [0.15, 0.2) is 0 Å². The number of nitrogens with two attached hydrogens (primary N) is 1. The SMILES string of the molecule is COC(C)(C)C(=O)N1CC(C)OC(CN)C1. The molecule has 0 aromatic rings. The Morgan fingerprint density at radius 1 is 1.56 bits per heavy atom. The molecule has 1 fully saturated rings. The topological polar surface area (TPSA) is 64.8 Å². The third-order valence-corrected chi connectivity index (χ3v) is 2.90. The minimum Gasteiger partial charge on any atom is -0.370 e. The minimum absolute atomic E-state index is 0.0106. The van der Waals surface area contributed by atoms with E-state index in [4.69, 9.17) is 15.2 Å². The monoisotopic (exact) mass is 230 g/mol. The second-order valence-corrected chi connectivity index (χ2v) is 4.73. The van der Waals surface area contributed by atoms with Crippen LogP contribution in [0, 0.1) is 0 Å². The number of ether oxygens (including phenoxy) is 2. The van der Waals surface area contributed by atoms with E-state index in [9.17, 15) is 4.79 Å². The van der Waals surface area contributed by atoms with E-state index in [1.165, 1.54) is 0 Å². The molecule has 0 aromatic carbocycles. The maximum absolute atomic E-state index is 12.2. The fraction of sp³-hybridized carbons (Fsp3) is 0.909. The quantitative estimate of drug-likeness (QED) is 0.740. The van der Waals surface area contributed by atoms with Crippen molar-refractivity contribution in [2.45, 2.75) is 38.6 Å². The number of hydrogen-bond donors (Lipinski definition) is 1. The van der Waals surface area contributed by atoms with Crippen molar-refractivity contribution in [3.8, 4) is 0 Å². The van der Waals surface area contributed by atoms with Crippen molar-refractivity contribution >= 4 is 5.91 Å². The van der Waals surface area contributed by atoms with Gasteiger partial charge in [0, 0.05) is 26.7 Å². The molecule has 2 N–H and O–H groups in total. The van der Waals surface area contributed by atoms with Gasteiger partial charge in [0.25, 0.3) is 5.91 Å². The fourth-order valence-corrected chi connectivity index (χ4v) is 1.81. The predicted octanol–water partition coefficient (Wildman–Crippen LogP) is -0.0140. The van der Waals surface area contributed by atoms with E-state index in [1.54, 1.807) is 25.9 Å². The second kappa shape index (κ2) is 5.12. The van der Waals surface area contributed by atoms with Crippen molar-refractivity contribution in [3.63, 3.8) is 0 Å². The lowest BCUT2D eigenvalue weighted by molar-refractivity contribution is -0.162. The lowest BCUT2D eigenvalue weighted by Gasteiger charge is -2.39.